The molecule has 0 heterocycles. The zero-order valence-corrected chi connectivity index (χ0v) is 14.4. The lowest BCUT2D eigenvalue weighted by Gasteiger charge is -2.17. The monoisotopic (exact) mass is 308 g/mol. The summed E-state index contributed by atoms with van der Waals surface area (Å²) in [5.41, 5.74) is 0.815. The maximum atomic E-state index is 12.3. The van der Waals surface area contributed by atoms with Gasteiger partial charge in [0.05, 0.1) is 12.5 Å². The lowest BCUT2D eigenvalue weighted by Crippen LogP contribution is -2.20. The van der Waals surface area contributed by atoms with Crippen molar-refractivity contribution in [1.29, 1.82) is 0 Å². The third kappa shape index (κ3) is 7.24. The fraction of sp³-hybridized carbons (Fsp3) is 0.789. The number of carbonyl (C=O) groups excluding carboxylic acids is 2. The second-order valence-corrected chi connectivity index (χ2v) is 6.26. The Bertz CT molecular complexity index is 371. The van der Waals surface area contributed by atoms with Crippen molar-refractivity contribution >= 4 is 11.8 Å². The van der Waals surface area contributed by atoms with E-state index < -0.39 is 0 Å². The molecule has 0 aromatic carbocycles. The van der Waals surface area contributed by atoms with Gasteiger partial charge >= 0.3 is 5.97 Å². The third-order valence-electron chi connectivity index (χ3n) is 4.50. The van der Waals surface area contributed by atoms with Crippen LogP contribution in [0, 0.1) is 5.92 Å². The molecule has 126 valence electrons. The molecule has 0 aliphatic heterocycles. The zero-order chi connectivity index (χ0) is 16.2. The summed E-state index contributed by atoms with van der Waals surface area (Å²) in [5, 5.41) is 0. The predicted molar refractivity (Wildman–Crippen MR) is 89.7 cm³/mol. The number of allylic oxidation sites excluding steroid dienone is 2. The standard InChI is InChI=1S/C19H32O3/c1-3-16-15-17(19(21)22-4-2)13-11-9-7-5-6-8-10-12-14-18(16)20/h3,17H,4-15H2,1-2H3/b16-3-. The number of carbonyl (C=O) groups is 2. The molecule has 0 N–H and O–H groups in total. The number of hydrogen-bond acceptors (Lipinski definition) is 3. The van der Waals surface area contributed by atoms with Crippen LogP contribution in [0.5, 0.6) is 0 Å². The first-order valence-electron chi connectivity index (χ1n) is 9.04. The van der Waals surface area contributed by atoms with E-state index in [4.69, 9.17) is 4.74 Å². The van der Waals surface area contributed by atoms with Crippen LogP contribution in [0.3, 0.4) is 0 Å². The Morgan fingerprint density at radius 2 is 1.68 bits per heavy atom. The van der Waals surface area contributed by atoms with Crippen molar-refractivity contribution in [2.45, 2.75) is 84.5 Å². The SMILES string of the molecule is C/C=C1/CC(C(=O)OCC)CCCCCCCCCCC1=O. The van der Waals surface area contributed by atoms with Gasteiger partial charge in [-0.15, -0.1) is 0 Å². The van der Waals surface area contributed by atoms with Gasteiger partial charge in [-0.2, -0.15) is 0 Å². The molecule has 0 saturated heterocycles. The Hall–Kier alpha value is -1.12. The van der Waals surface area contributed by atoms with Gasteiger partial charge in [0, 0.05) is 6.42 Å². The maximum absolute atomic E-state index is 12.3. The van der Waals surface area contributed by atoms with Crippen LogP contribution in [-0.4, -0.2) is 18.4 Å². The molecule has 3 heteroatoms. The topological polar surface area (TPSA) is 43.4 Å². The van der Waals surface area contributed by atoms with E-state index in [2.05, 4.69) is 0 Å². The number of esters is 1. The minimum absolute atomic E-state index is 0.137. The molecule has 1 atom stereocenters. The van der Waals surface area contributed by atoms with Crippen LogP contribution in [-0.2, 0) is 14.3 Å². The van der Waals surface area contributed by atoms with Crippen molar-refractivity contribution in [3.63, 3.8) is 0 Å². The van der Waals surface area contributed by atoms with E-state index in [1.165, 1.54) is 32.1 Å². The minimum atomic E-state index is -0.155. The van der Waals surface area contributed by atoms with Crippen LogP contribution in [0.15, 0.2) is 11.6 Å². The normalized spacial score (nSPS) is 24.7. The average molecular weight is 308 g/mol. The van der Waals surface area contributed by atoms with Gasteiger partial charge in [0.2, 0.25) is 0 Å². The first-order chi connectivity index (χ1) is 10.7. The van der Waals surface area contributed by atoms with E-state index in [1.54, 1.807) is 0 Å². The van der Waals surface area contributed by atoms with Crippen molar-refractivity contribution in [1.82, 2.24) is 0 Å². The second kappa shape index (κ2) is 11.4. The molecular weight excluding hydrogens is 276 g/mol. The van der Waals surface area contributed by atoms with E-state index in [1.807, 2.05) is 19.9 Å². The van der Waals surface area contributed by atoms with Gasteiger partial charge in [0.25, 0.3) is 0 Å². The van der Waals surface area contributed by atoms with Crippen LogP contribution in [0.2, 0.25) is 0 Å². The molecule has 1 aliphatic carbocycles. The van der Waals surface area contributed by atoms with Crippen molar-refractivity contribution in [3.8, 4) is 0 Å². The summed E-state index contributed by atoms with van der Waals surface area (Å²) in [6.45, 7) is 4.15. The molecule has 3 nitrogen and oxygen atoms in total. The average Bonchev–Trinajstić information content (AvgIpc) is 2.51. The lowest BCUT2D eigenvalue weighted by molar-refractivity contribution is -0.148. The first-order valence-corrected chi connectivity index (χ1v) is 9.04. The van der Waals surface area contributed by atoms with Gasteiger partial charge < -0.3 is 4.74 Å². The Labute approximate surface area is 135 Å². The fourth-order valence-electron chi connectivity index (χ4n) is 3.12. The van der Waals surface area contributed by atoms with E-state index >= 15 is 0 Å². The van der Waals surface area contributed by atoms with Crippen molar-refractivity contribution < 1.29 is 14.3 Å². The summed E-state index contributed by atoms with van der Waals surface area (Å²) < 4.78 is 5.20. The minimum Gasteiger partial charge on any atom is -0.466 e. The van der Waals surface area contributed by atoms with Crippen molar-refractivity contribution in [2.24, 2.45) is 5.92 Å². The van der Waals surface area contributed by atoms with E-state index in [0.29, 0.717) is 19.4 Å². The highest BCUT2D eigenvalue weighted by molar-refractivity contribution is 5.95. The molecule has 0 radical (unpaired) electrons. The number of ether oxygens (including phenoxy) is 1. The molecule has 0 aromatic heterocycles. The first kappa shape index (κ1) is 18.9. The lowest BCUT2D eigenvalue weighted by atomic mass is 9.89. The number of rotatable bonds is 2. The summed E-state index contributed by atoms with van der Waals surface area (Å²) in [7, 11) is 0. The summed E-state index contributed by atoms with van der Waals surface area (Å²) >= 11 is 0. The molecule has 1 saturated carbocycles. The molecule has 0 amide bonds. The van der Waals surface area contributed by atoms with Crippen molar-refractivity contribution in [2.75, 3.05) is 6.61 Å². The molecule has 0 aromatic rings. The quantitative estimate of drug-likeness (QED) is 0.533. The molecule has 1 fully saturated rings. The second-order valence-electron chi connectivity index (χ2n) is 6.26. The third-order valence-corrected chi connectivity index (χ3v) is 4.50. The maximum Gasteiger partial charge on any atom is 0.309 e. The fourth-order valence-corrected chi connectivity index (χ4v) is 3.12. The molecule has 1 unspecified atom stereocenters. The van der Waals surface area contributed by atoms with Crippen LogP contribution in [0.25, 0.3) is 0 Å². The van der Waals surface area contributed by atoms with Crippen LogP contribution < -0.4 is 0 Å². The number of hydrogen-bond donors (Lipinski definition) is 0. The van der Waals surface area contributed by atoms with Gasteiger partial charge in [0.1, 0.15) is 0 Å². The molecular formula is C19H32O3. The summed E-state index contributed by atoms with van der Waals surface area (Å²) in [6.07, 6.45) is 13.3. The molecule has 0 bridgehead atoms. The Kier molecular flexibility index (Phi) is 9.85. The van der Waals surface area contributed by atoms with Crippen LogP contribution >= 0.6 is 0 Å². The van der Waals surface area contributed by atoms with Gasteiger partial charge in [-0.1, -0.05) is 51.0 Å². The highest BCUT2D eigenvalue weighted by Gasteiger charge is 2.23. The summed E-state index contributed by atoms with van der Waals surface area (Å²) in [6, 6.07) is 0. The molecule has 1 aliphatic rings. The van der Waals surface area contributed by atoms with Crippen molar-refractivity contribution in [3.05, 3.63) is 11.6 Å². The number of ketones is 1. The molecule has 0 spiro atoms. The van der Waals surface area contributed by atoms with Gasteiger partial charge in [-0.25, -0.2) is 0 Å². The van der Waals surface area contributed by atoms with Gasteiger partial charge in [-0.05, 0) is 38.7 Å². The van der Waals surface area contributed by atoms with Crippen LogP contribution in [0.4, 0.5) is 0 Å². The summed E-state index contributed by atoms with van der Waals surface area (Å²) in [4.78, 5) is 24.5. The van der Waals surface area contributed by atoms with Gasteiger partial charge in [0.15, 0.2) is 5.78 Å². The van der Waals surface area contributed by atoms with Crippen LogP contribution in [0.1, 0.15) is 84.5 Å². The highest BCUT2D eigenvalue weighted by atomic mass is 16.5. The molecule has 1 rings (SSSR count). The molecule has 22 heavy (non-hydrogen) atoms. The smallest absolute Gasteiger partial charge is 0.309 e. The van der Waals surface area contributed by atoms with E-state index in [9.17, 15) is 9.59 Å². The Morgan fingerprint density at radius 3 is 2.27 bits per heavy atom. The summed E-state index contributed by atoms with van der Waals surface area (Å²) in [5.74, 6) is -0.0753. The van der Waals surface area contributed by atoms with Gasteiger partial charge in [-0.3, -0.25) is 9.59 Å². The Morgan fingerprint density at radius 1 is 1.09 bits per heavy atom. The predicted octanol–water partition coefficient (Wildman–Crippen LogP) is 4.99. The Balaban J connectivity index is 2.71. The highest BCUT2D eigenvalue weighted by Crippen LogP contribution is 2.24. The van der Waals surface area contributed by atoms with E-state index in [0.717, 1.165) is 31.3 Å². The zero-order valence-electron chi connectivity index (χ0n) is 14.4. The van der Waals surface area contributed by atoms with E-state index in [-0.39, 0.29) is 17.7 Å². The number of Topliss-reactive ketones (excluding diaryl/α,β-unsaturated/α-hetero) is 1. The largest absolute Gasteiger partial charge is 0.466 e.